The first-order valence-electron chi connectivity index (χ1n) is 9.72. The molecule has 176 valence electrons. The lowest BCUT2D eigenvalue weighted by Gasteiger charge is -2.11. The Hall–Kier alpha value is -3.44. The van der Waals surface area contributed by atoms with Crippen LogP contribution in [0.4, 0.5) is 5.69 Å². The second-order valence-electron chi connectivity index (χ2n) is 6.83. The fourth-order valence-electron chi connectivity index (χ4n) is 2.83. The second kappa shape index (κ2) is 11.6. The van der Waals surface area contributed by atoms with Crippen molar-refractivity contribution in [2.75, 3.05) is 14.2 Å². The van der Waals surface area contributed by atoms with Crippen LogP contribution in [0.15, 0.2) is 68.6 Å². The zero-order chi connectivity index (χ0) is 24.7. The van der Waals surface area contributed by atoms with E-state index in [4.69, 9.17) is 14.2 Å². The molecular formula is C23H19Br2N3O6. The van der Waals surface area contributed by atoms with Crippen LogP contribution < -0.4 is 19.6 Å². The minimum Gasteiger partial charge on any atom is -0.497 e. The first-order valence-corrected chi connectivity index (χ1v) is 11.3. The topological polar surface area (TPSA) is 112 Å². The number of ether oxygens (including phenoxy) is 3. The number of hydrogen-bond donors (Lipinski definition) is 1. The number of amides is 1. The summed E-state index contributed by atoms with van der Waals surface area (Å²) in [4.78, 5) is 22.7. The van der Waals surface area contributed by atoms with Gasteiger partial charge in [-0.1, -0.05) is 0 Å². The van der Waals surface area contributed by atoms with Crippen LogP contribution in [0.3, 0.4) is 0 Å². The molecule has 9 nitrogen and oxygen atoms in total. The van der Waals surface area contributed by atoms with Gasteiger partial charge in [-0.15, -0.1) is 0 Å². The van der Waals surface area contributed by atoms with Crippen LogP contribution >= 0.6 is 31.9 Å². The van der Waals surface area contributed by atoms with Crippen LogP contribution in [0, 0.1) is 10.1 Å². The molecule has 11 heteroatoms. The summed E-state index contributed by atoms with van der Waals surface area (Å²) in [6, 6.07) is 14.5. The van der Waals surface area contributed by atoms with Crippen LogP contribution in [-0.4, -0.2) is 31.3 Å². The van der Waals surface area contributed by atoms with E-state index in [9.17, 15) is 14.9 Å². The Morgan fingerprint density at radius 3 is 2.15 bits per heavy atom. The van der Waals surface area contributed by atoms with E-state index in [1.807, 2.05) is 0 Å². The third-order valence-corrected chi connectivity index (χ3v) is 5.72. The maximum atomic E-state index is 12.4. The molecule has 3 aromatic rings. The number of hydrogen-bond acceptors (Lipinski definition) is 7. The Morgan fingerprint density at radius 2 is 1.62 bits per heavy atom. The van der Waals surface area contributed by atoms with Crippen LogP contribution in [0.1, 0.15) is 21.5 Å². The van der Waals surface area contributed by atoms with Gasteiger partial charge in [0.15, 0.2) is 0 Å². The maximum Gasteiger partial charge on any atom is 0.271 e. The molecule has 0 aromatic heterocycles. The number of halogens is 2. The molecule has 3 aromatic carbocycles. The molecule has 0 unspecified atom stereocenters. The van der Waals surface area contributed by atoms with E-state index >= 15 is 0 Å². The molecule has 1 amide bonds. The van der Waals surface area contributed by atoms with Gasteiger partial charge in [0.1, 0.15) is 23.9 Å². The van der Waals surface area contributed by atoms with Gasteiger partial charge in [0, 0.05) is 23.8 Å². The number of benzene rings is 3. The van der Waals surface area contributed by atoms with Crippen molar-refractivity contribution in [2.45, 2.75) is 6.61 Å². The number of nitrogens with zero attached hydrogens (tertiary/aromatic N) is 2. The third kappa shape index (κ3) is 6.55. The number of methoxy groups -OCH3 is 2. The van der Waals surface area contributed by atoms with Crippen molar-refractivity contribution in [3.05, 3.63) is 90.3 Å². The molecule has 0 aliphatic rings. The van der Waals surface area contributed by atoms with Gasteiger partial charge < -0.3 is 14.2 Å². The monoisotopic (exact) mass is 591 g/mol. The molecule has 0 heterocycles. The van der Waals surface area contributed by atoms with Gasteiger partial charge in [-0.2, -0.15) is 5.10 Å². The standard InChI is InChI=1S/C23H19Br2N3O6/c1-32-18-9-16(10-19(11-18)33-2)23(29)27-26-12-15-7-20(24)22(21(25)8-15)34-13-14-3-5-17(6-4-14)28(30)31/h3-12H,13H2,1-2H3,(H,27,29)/b26-12-. The van der Waals surface area contributed by atoms with Crippen molar-refractivity contribution in [3.63, 3.8) is 0 Å². The van der Waals surface area contributed by atoms with Crippen LogP contribution in [0.2, 0.25) is 0 Å². The molecule has 0 fully saturated rings. The molecule has 34 heavy (non-hydrogen) atoms. The molecular weight excluding hydrogens is 574 g/mol. The highest BCUT2D eigenvalue weighted by atomic mass is 79.9. The van der Waals surface area contributed by atoms with Gasteiger partial charge in [0.2, 0.25) is 0 Å². The zero-order valence-corrected chi connectivity index (χ0v) is 21.3. The Bertz CT molecular complexity index is 1190. The first kappa shape index (κ1) is 25.2. The van der Waals surface area contributed by atoms with E-state index in [1.165, 1.54) is 32.6 Å². The summed E-state index contributed by atoms with van der Waals surface area (Å²) >= 11 is 6.94. The molecule has 0 bridgehead atoms. The largest absolute Gasteiger partial charge is 0.497 e. The highest BCUT2D eigenvalue weighted by Crippen LogP contribution is 2.35. The van der Waals surface area contributed by atoms with Gasteiger partial charge in [-0.3, -0.25) is 14.9 Å². The quantitative estimate of drug-likeness (QED) is 0.200. The maximum absolute atomic E-state index is 12.4. The van der Waals surface area contributed by atoms with Gasteiger partial charge >= 0.3 is 0 Å². The summed E-state index contributed by atoms with van der Waals surface area (Å²) in [6.45, 7) is 0.225. The third-order valence-electron chi connectivity index (χ3n) is 4.54. The summed E-state index contributed by atoms with van der Waals surface area (Å²) in [7, 11) is 3.01. The van der Waals surface area contributed by atoms with E-state index < -0.39 is 10.8 Å². The SMILES string of the molecule is COc1cc(OC)cc(C(=O)N/N=C\c2cc(Br)c(OCc3ccc([N+](=O)[O-])cc3)c(Br)c2)c1. The minimum atomic E-state index is -0.450. The Morgan fingerprint density at radius 1 is 1.03 bits per heavy atom. The lowest BCUT2D eigenvalue weighted by Crippen LogP contribution is -2.17. The predicted octanol–water partition coefficient (Wildman–Crippen LogP) is 5.48. The van der Waals surface area contributed by atoms with Gasteiger partial charge in [0.05, 0.1) is 34.3 Å². The zero-order valence-electron chi connectivity index (χ0n) is 18.1. The van der Waals surface area contributed by atoms with Crippen LogP contribution in [0.25, 0.3) is 0 Å². The fraction of sp³-hybridized carbons (Fsp3) is 0.130. The Balaban J connectivity index is 1.65. The fourth-order valence-corrected chi connectivity index (χ4v) is 4.28. The Labute approximate surface area is 212 Å². The van der Waals surface area contributed by atoms with Crippen molar-refractivity contribution >= 4 is 49.7 Å². The van der Waals surface area contributed by atoms with Crippen molar-refractivity contribution in [2.24, 2.45) is 5.10 Å². The average molecular weight is 593 g/mol. The normalized spacial score (nSPS) is 10.7. The number of carbonyl (C=O) groups is 1. The molecule has 0 aliphatic heterocycles. The number of hydrazone groups is 1. The number of nitro benzene ring substituents is 1. The van der Waals surface area contributed by atoms with E-state index in [1.54, 1.807) is 42.5 Å². The summed E-state index contributed by atoms with van der Waals surface area (Å²) < 4.78 is 17.5. The Kier molecular flexibility index (Phi) is 8.61. The van der Waals surface area contributed by atoms with Crippen molar-refractivity contribution in [1.82, 2.24) is 5.43 Å². The predicted molar refractivity (Wildman–Crippen MR) is 134 cm³/mol. The minimum absolute atomic E-state index is 0.0207. The molecule has 3 rings (SSSR count). The number of carbonyl (C=O) groups excluding carboxylic acids is 1. The number of rotatable bonds is 9. The highest BCUT2D eigenvalue weighted by molar-refractivity contribution is 9.11. The molecule has 0 aliphatic carbocycles. The van der Waals surface area contributed by atoms with E-state index in [0.29, 0.717) is 37.3 Å². The first-order chi connectivity index (χ1) is 16.3. The number of nitro groups is 1. The van der Waals surface area contributed by atoms with Crippen LogP contribution in [-0.2, 0) is 6.61 Å². The molecule has 0 saturated carbocycles. The van der Waals surface area contributed by atoms with Crippen LogP contribution in [0.5, 0.6) is 17.2 Å². The van der Waals surface area contributed by atoms with Gasteiger partial charge in [0.25, 0.3) is 11.6 Å². The number of nitrogens with one attached hydrogen (secondary N) is 1. The molecule has 0 saturated heterocycles. The summed E-state index contributed by atoms with van der Waals surface area (Å²) in [5.41, 5.74) is 4.31. The van der Waals surface area contributed by atoms with Gasteiger partial charge in [-0.05, 0) is 79.4 Å². The summed E-state index contributed by atoms with van der Waals surface area (Å²) in [6.07, 6.45) is 1.49. The lowest BCUT2D eigenvalue weighted by atomic mass is 10.2. The molecule has 0 spiro atoms. The molecule has 0 atom stereocenters. The van der Waals surface area contributed by atoms with E-state index in [2.05, 4.69) is 42.4 Å². The lowest BCUT2D eigenvalue weighted by molar-refractivity contribution is -0.384. The average Bonchev–Trinajstić information content (AvgIpc) is 2.83. The summed E-state index contributed by atoms with van der Waals surface area (Å²) in [5.74, 6) is 1.12. The van der Waals surface area contributed by atoms with Crippen molar-refractivity contribution in [3.8, 4) is 17.2 Å². The van der Waals surface area contributed by atoms with Crippen molar-refractivity contribution in [1.29, 1.82) is 0 Å². The van der Waals surface area contributed by atoms with Crippen molar-refractivity contribution < 1.29 is 23.9 Å². The van der Waals surface area contributed by atoms with Gasteiger partial charge in [-0.25, -0.2) is 5.43 Å². The highest BCUT2D eigenvalue weighted by Gasteiger charge is 2.11. The molecule has 0 radical (unpaired) electrons. The van der Waals surface area contributed by atoms with E-state index in [-0.39, 0.29) is 12.3 Å². The number of non-ortho nitro benzene ring substituents is 1. The smallest absolute Gasteiger partial charge is 0.271 e. The second-order valence-corrected chi connectivity index (χ2v) is 8.54. The summed E-state index contributed by atoms with van der Waals surface area (Å²) in [5, 5.41) is 14.8. The van der Waals surface area contributed by atoms with E-state index in [0.717, 1.165) is 5.56 Å². The molecule has 1 N–H and O–H groups in total.